The summed E-state index contributed by atoms with van der Waals surface area (Å²) in [5.74, 6) is 0.120. The van der Waals surface area contributed by atoms with E-state index in [1.807, 2.05) is 80.5 Å². The zero-order chi connectivity index (χ0) is 57.2. The van der Waals surface area contributed by atoms with Crippen LogP contribution in [0, 0.1) is 26.6 Å². The molecule has 0 bridgehead atoms. The molecule has 0 aliphatic rings. The molecular formula is C57H58N3OPt-. The molecule has 318 valence electrons. The second kappa shape index (κ2) is 16.6. The quantitative estimate of drug-likeness (QED) is 0.169. The van der Waals surface area contributed by atoms with Crippen LogP contribution in [0.1, 0.15) is 118 Å². The first-order valence-electron chi connectivity index (χ1n) is 28.2. The number of hydrogen-bond acceptors (Lipinski definition) is 3. The zero-order valence-corrected chi connectivity index (χ0v) is 38.5. The van der Waals surface area contributed by atoms with Gasteiger partial charge in [-0.05, 0) is 106 Å². The maximum absolute atomic E-state index is 12.5. The predicted molar refractivity (Wildman–Crippen MR) is 257 cm³/mol. The van der Waals surface area contributed by atoms with E-state index in [0.29, 0.717) is 44.4 Å². The summed E-state index contributed by atoms with van der Waals surface area (Å²) < 4.78 is 140. The molecule has 2 aromatic heterocycles. The number of imidazole rings is 1. The van der Waals surface area contributed by atoms with Gasteiger partial charge in [-0.3, -0.25) is 9.55 Å². The number of pyridine rings is 1. The van der Waals surface area contributed by atoms with Crippen LogP contribution in [0.3, 0.4) is 0 Å². The maximum atomic E-state index is 12.5. The average molecular weight is 1010 g/mol. The van der Waals surface area contributed by atoms with Gasteiger partial charge < -0.3 is 5.11 Å². The second-order valence-corrected chi connectivity index (χ2v) is 18.5. The number of aryl methyl sites for hydroxylation is 1. The molecule has 2 heterocycles. The van der Waals surface area contributed by atoms with Crippen molar-refractivity contribution in [1.29, 1.82) is 0 Å². The molecule has 6 aromatic carbocycles. The van der Waals surface area contributed by atoms with E-state index >= 15 is 0 Å². The van der Waals surface area contributed by atoms with Crippen LogP contribution in [-0.4, -0.2) is 19.6 Å². The Bertz CT molecular complexity index is 3660. The van der Waals surface area contributed by atoms with Crippen molar-refractivity contribution in [3.8, 4) is 67.5 Å². The molecular weight excluding hydrogens is 938 g/mol. The Balaban J connectivity index is 0.00000882. The monoisotopic (exact) mass is 1010 g/mol. The normalized spacial score (nSPS) is 16.5. The topological polar surface area (TPSA) is 50.9 Å². The van der Waals surface area contributed by atoms with Crippen LogP contribution < -0.4 is 0 Å². The largest absolute Gasteiger partial charge is 0.507 e. The van der Waals surface area contributed by atoms with Crippen molar-refractivity contribution >= 4 is 11.0 Å². The summed E-state index contributed by atoms with van der Waals surface area (Å²) in [6, 6.07) is 23.2. The minimum Gasteiger partial charge on any atom is -0.507 e. The summed E-state index contributed by atoms with van der Waals surface area (Å²) in [4.78, 5) is 9.75. The molecule has 0 amide bonds. The molecule has 1 N–H and O–H groups in total. The van der Waals surface area contributed by atoms with Crippen LogP contribution in [-0.2, 0) is 37.3 Å². The molecule has 5 heteroatoms. The van der Waals surface area contributed by atoms with Gasteiger partial charge in [0, 0.05) is 56.5 Å². The molecule has 0 spiro atoms. The van der Waals surface area contributed by atoms with Gasteiger partial charge in [-0.2, -0.15) is 0 Å². The molecule has 8 rings (SSSR count). The number of aromatic hydroxyl groups is 1. The Kier molecular flexibility index (Phi) is 7.55. The van der Waals surface area contributed by atoms with Crippen molar-refractivity contribution in [2.24, 2.45) is 0 Å². The maximum Gasteiger partial charge on any atom is 0.148 e. The van der Waals surface area contributed by atoms with E-state index in [9.17, 15) is 6.48 Å². The van der Waals surface area contributed by atoms with Gasteiger partial charge in [0.25, 0.3) is 0 Å². The smallest absolute Gasteiger partial charge is 0.148 e. The fraction of sp³-hybridized carbons (Fsp3) is 0.263. The van der Waals surface area contributed by atoms with Gasteiger partial charge in [0.2, 0.25) is 0 Å². The molecule has 0 aliphatic carbocycles. The van der Waals surface area contributed by atoms with Crippen molar-refractivity contribution < 1.29 is 48.1 Å². The number of nitrogens with zero attached hydrogens (tertiary/aromatic N) is 3. The van der Waals surface area contributed by atoms with Gasteiger partial charge in [-0.1, -0.05) is 158 Å². The minimum atomic E-state index is -3.02. The van der Waals surface area contributed by atoms with Crippen molar-refractivity contribution in [2.45, 2.75) is 99.1 Å². The van der Waals surface area contributed by atoms with E-state index in [0.717, 1.165) is 5.56 Å². The van der Waals surface area contributed by atoms with Crippen molar-refractivity contribution in [3.63, 3.8) is 0 Å². The summed E-state index contributed by atoms with van der Waals surface area (Å²) >= 11 is 0. The summed E-state index contributed by atoms with van der Waals surface area (Å²) in [7, 11) is 0. The first kappa shape index (κ1) is 28.2. The first-order valence-corrected chi connectivity index (χ1v) is 20.2. The number of benzene rings is 6. The second-order valence-electron chi connectivity index (χ2n) is 18.5. The van der Waals surface area contributed by atoms with Crippen LogP contribution in [0.5, 0.6) is 5.75 Å². The molecule has 0 radical (unpaired) electrons. The number of phenolic OH excluding ortho intramolecular Hbond substituents is 1. The molecule has 0 unspecified atom stereocenters. The zero-order valence-electron chi connectivity index (χ0n) is 52.2. The van der Waals surface area contributed by atoms with Gasteiger partial charge in [-0.25, -0.2) is 4.98 Å². The van der Waals surface area contributed by atoms with E-state index in [1.165, 1.54) is 6.07 Å². The first-order chi connectivity index (χ1) is 35.3. The van der Waals surface area contributed by atoms with Crippen LogP contribution in [0.15, 0.2) is 127 Å². The van der Waals surface area contributed by atoms with Crippen LogP contribution in [0.25, 0.3) is 72.7 Å². The van der Waals surface area contributed by atoms with E-state index in [1.54, 1.807) is 65.2 Å². The van der Waals surface area contributed by atoms with Crippen molar-refractivity contribution in [3.05, 3.63) is 167 Å². The summed E-state index contributed by atoms with van der Waals surface area (Å²) in [6.45, 7) is 9.13. The van der Waals surface area contributed by atoms with Gasteiger partial charge in [-0.15, -0.1) is 29.3 Å². The standard InChI is InChI=1S/C57H58N3O.Pt/c1-35-21-23-38(24-22-35)40-25-26-58-50(31-40)42-28-41(29-43(30-42)55(4,5)6)46-19-16-20-51-52(46)59-54(48-32-44(56(7,8)9)33-49(53(48)61)57(10,11)12)60(51)45-27-36(2)37(3)47(34-45)39-17-14-13-15-18-39;/h13-27,29-34,61H,1-12H3;/q-1;/i1D3,2D3,3D3,21D,22D,23D,24D,25D,26D,31D;. The molecule has 4 nitrogen and oxygen atoms in total. The van der Waals surface area contributed by atoms with Crippen LogP contribution in [0.2, 0.25) is 0 Å². The number of rotatable bonds is 6. The van der Waals surface area contributed by atoms with Crippen LogP contribution >= 0.6 is 0 Å². The van der Waals surface area contributed by atoms with E-state index < -0.39 is 101 Å². The van der Waals surface area contributed by atoms with E-state index in [-0.39, 0.29) is 60.7 Å². The van der Waals surface area contributed by atoms with Crippen molar-refractivity contribution in [1.82, 2.24) is 14.5 Å². The number of hydrogen-bond donors (Lipinski definition) is 1. The number of phenols is 1. The Morgan fingerprint density at radius 3 is 2.02 bits per heavy atom. The van der Waals surface area contributed by atoms with Crippen LogP contribution in [0.4, 0.5) is 0 Å². The summed E-state index contributed by atoms with van der Waals surface area (Å²) in [5.41, 5.74) is 0.718. The molecule has 0 atom stereocenters. The summed E-state index contributed by atoms with van der Waals surface area (Å²) in [6.07, 6.45) is -0.660. The van der Waals surface area contributed by atoms with E-state index in [2.05, 4.69) is 11.1 Å². The molecule has 0 saturated heterocycles. The van der Waals surface area contributed by atoms with Gasteiger partial charge >= 0.3 is 0 Å². The van der Waals surface area contributed by atoms with E-state index in [4.69, 9.17) is 25.5 Å². The Hall–Kier alpha value is -5.57. The average Bonchev–Trinajstić information content (AvgIpc) is 3.78. The third-order valence-electron chi connectivity index (χ3n) is 10.9. The summed E-state index contributed by atoms with van der Waals surface area (Å²) in [5, 5.41) is 12.5. The third-order valence-corrected chi connectivity index (χ3v) is 10.9. The Morgan fingerprint density at radius 2 is 1.35 bits per heavy atom. The molecule has 62 heavy (non-hydrogen) atoms. The predicted octanol–water partition coefficient (Wildman–Crippen LogP) is 15.1. The Labute approximate surface area is 405 Å². The molecule has 0 aliphatic heterocycles. The third kappa shape index (κ3) is 8.60. The van der Waals surface area contributed by atoms with Gasteiger partial charge in [0.05, 0.1) is 26.2 Å². The molecule has 0 fully saturated rings. The SMILES string of the molecule is [2H]c1nc(-c2[c-]c(-c3cccc4c3nc(-c3cc(C(C)(C)C)cc(C(C)(C)C)c3O)n4-c3cc(-c4ccccc4)c(C([2H])([2H])[2H])c(C([2H])([2H])[2H])c3)cc(C(C)(C)C)c2)c([2H])c(-c2c([2H])c([2H])c(C([2H])([2H])[2H])c([2H])c2[2H])c1[2H].[Pt]. The molecule has 8 aromatic rings. The number of aromatic nitrogens is 3. The fourth-order valence-corrected chi connectivity index (χ4v) is 7.45. The number of fused-ring (bicyclic) bond motifs is 1. The number of para-hydroxylation sites is 1. The van der Waals surface area contributed by atoms with Gasteiger partial charge in [0.1, 0.15) is 11.6 Å². The molecule has 0 saturated carbocycles. The fourth-order valence-electron chi connectivity index (χ4n) is 7.45. The minimum absolute atomic E-state index is 0. The Morgan fingerprint density at radius 1 is 0.645 bits per heavy atom. The van der Waals surface area contributed by atoms with Gasteiger partial charge in [0.15, 0.2) is 0 Å². The van der Waals surface area contributed by atoms with Crippen molar-refractivity contribution in [2.75, 3.05) is 0 Å².